The lowest BCUT2D eigenvalue weighted by molar-refractivity contribution is 0.498. The molecule has 0 aliphatic heterocycles. The van der Waals surface area contributed by atoms with Crippen LogP contribution in [0.4, 0.5) is 48.3 Å². The second kappa shape index (κ2) is 31.5. The van der Waals surface area contributed by atoms with Gasteiger partial charge in [-0.3, -0.25) is 0 Å². The summed E-state index contributed by atoms with van der Waals surface area (Å²) in [5, 5.41) is 0. The number of aryl methyl sites for hydroxylation is 2. The highest BCUT2D eigenvalue weighted by molar-refractivity contribution is 7.18. The molecule has 0 radical (unpaired) electrons. The average Bonchev–Trinajstić information content (AvgIpc) is 4.27. The Kier molecular flexibility index (Phi) is 28.4. The van der Waals surface area contributed by atoms with Gasteiger partial charge in [0.25, 0.3) is 0 Å². The average molecular weight is 1120 g/mol. The van der Waals surface area contributed by atoms with Crippen LogP contribution in [0.2, 0.25) is 0 Å². The van der Waals surface area contributed by atoms with Gasteiger partial charge in [-0.05, 0) is 67.1 Å². The van der Waals surface area contributed by atoms with Gasteiger partial charge in [0.15, 0.2) is 52.4 Å². The minimum absolute atomic E-state index is 0.0291. The van der Waals surface area contributed by atoms with Crippen molar-refractivity contribution in [1.82, 2.24) is 24.9 Å². The first kappa shape index (κ1) is 65.8. The number of fused-ring (bicyclic) bond motifs is 5. The van der Waals surface area contributed by atoms with E-state index in [9.17, 15) is 48.3 Å². The summed E-state index contributed by atoms with van der Waals surface area (Å²) in [5.74, 6) is -8.50. The van der Waals surface area contributed by atoms with Crippen LogP contribution in [-0.2, 0) is 5.41 Å². The van der Waals surface area contributed by atoms with Crippen molar-refractivity contribution >= 4 is 108 Å². The number of rotatable bonds is 0. The van der Waals surface area contributed by atoms with Gasteiger partial charge in [0.2, 0.25) is 0 Å². The predicted molar refractivity (Wildman–Crippen MR) is 287 cm³/mol. The predicted octanol–water partition coefficient (Wildman–Crippen LogP) is 20.4. The van der Waals surface area contributed by atoms with Crippen LogP contribution < -0.4 is 0 Å². The Labute approximate surface area is 438 Å². The third-order valence-corrected chi connectivity index (χ3v) is 13.1. The minimum Gasteiger partial charge on any atom is -0.245 e. The molecule has 10 aromatic rings. The zero-order valence-electron chi connectivity index (χ0n) is 43.2. The lowest BCUT2D eigenvalue weighted by atomic mass is 9.87. The maximum Gasteiger partial charge on any atom is 0.178 e. The maximum atomic E-state index is 13.6. The number of benzene rings is 5. The minimum atomic E-state index is -1.18. The number of hydrogen-bond donors (Lipinski definition) is 0. The molecule has 0 aliphatic carbocycles. The first-order chi connectivity index (χ1) is 34.7. The number of thiazole rings is 5. The van der Waals surface area contributed by atoms with Crippen LogP contribution >= 0.6 is 56.7 Å². The van der Waals surface area contributed by atoms with Crippen LogP contribution in [0.5, 0.6) is 0 Å². The van der Waals surface area contributed by atoms with E-state index in [0.29, 0.717) is 27.4 Å². The lowest BCUT2D eigenvalue weighted by Crippen LogP contribution is -2.11. The van der Waals surface area contributed by atoms with Crippen LogP contribution in [0.25, 0.3) is 51.1 Å². The van der Waals surface area contributed by atoms with Gasteiger partial charge in [0.1, 0.15) is 28.2 Å². The summed E-state index contributed by atoms with van der Waals surface area (Å²) in [6, 6.07) is 6.81. The van der Waals surface area contributed by atoms with Crippen molar-refractivity contribution in [3.63, 3.8) is 0 Å². The Morgan fingerprint density at radius 2 is 0.726 bits per heavy atom. The van der Waals surface area contributed by atoms with Crippen molar-refractivity contribution in [2.75, 3.05) is 0 Å². The Morgan fingerprint density at radius 1 is 0.329 bits per heavy atom. The van der Waals surface area contributed by atoms with Crippen LogP contribution in [0.3, 0.4) is 0 Å². The van der Waals surface area contributed by atoms with Crippen molar-refractivity contribution < 1.29 is 48.3 Å². The van der Waals surface area contributed by atoms with Gasteiger partial charge < -0.3 is 0 Å². The fraction of sp³-hybridized carbons (Fsp3) is 0.327. The van der Waals surface area contributed by atoms with E-state index in [1.54, 1.807) is 17.6 Å². The van der Waals surface area contributed by atoms with Crippen LogP contribution in [-0.4, -0.2) is 24.9 Å². The molecule has 398 valence electrons. The van der Waals surface area contributed by atoms with E-state index in [4.69, 9.17) is 0 Å². The molecule has 0 aliphatic rings. The number of halogens is 11. The fourth-order valence-electron chi connectivity index (χ4n) is 5.52. The number of aromatic nitrogens is 5. The molecule has 0 amide bonds. The van der Waals surface area contributed by atoms with Gasteiger partial charge in [-0.2, -0.15) is 0 Å². The largest absolute Gasteiger partial charge is 0.245 e. The van der Waals surface area contributed by atoms with Crippen molar-refractivity contribution in [3.05, 3.63) is 144 Å². The molecule has 0 bridgehead atoms. The van der Waals surface area contributed by atoms with E-state index in [-0.39, 0.29) is 52.1 Å². The molecule has 10 rings (SSSR count). The quantitative estimate of drug-likeness (QED) is 0.112. The summed E-state index contributed by atoms with van der Waals surface area (Å²) in [7, 11) is 0. The smallest absolute Gasteiger partial charge is 0.178 e. The molecule has 0 saturated heterocycles. The molecular weight excluding hydrogens is 1060 g/mol. The van der Waals surface area contributed by atoms with Crippen molar-refractivity contribution in [1.29, 1.82) is 0 Å². The van der Waals surface area contributed by atoms with E-state index < -0.39 is 58.2 Å². The Morgan fingerprint density at radius 3 is 1.26 bits per heavy atom. The summed E-state index contributed by atoms with van der Waals surface area (Å²) in [6.07, 6.45) is 0. The summed E-state index contributed by atoms with van der Waals surface area (Å²) in [5.41, 5.74) is 9.64. The highest BCUT2D eigenvalue weighted by atomic mass is 32.1. The monoisotopic (exact) mass is 1120 g/mol. The van der Waals surface area contributed by atoms with Crippen molar-refractivity contribution in [3.8, 4) is 0 Å². The van der Waals surface area contributed by atoms with Gasteiger partial charge >= 0.3 is 0 Å². The van der Waals surface area contributed by atoms with Crippen LogP contribution in [0.15, 0.2) is 57.9 Å². The molecule has 0 fully saturated rings. The zero-order valence-corrected chi connectivity index (χ0v) is 47.3. The number of nitrogens with zero attached hydrogens (tertiary/aromatic N) is 5. The van der Waals surface area contributed by atoms with Crippen LogP contribution in [0, 0.1) is 84.8 Å². The summed E-state index contributed by atoms with van der Waals surface area (Å²) < 4.78 is 144. The van der Waals surface area contributed by atoms with E-state index in [1.165, 1.54) is 60.2 Å². The molecule has 0 atom stereocenters. The van der Waals surface area contributed by atoms with Gasteiger partial charge in [-0.1, -0.05) is 90.0 Å². The van der Waals surface area contributed by atoms with Crippen molar-refractivity contribution in [2.45, 2.75) is 116 Å². The fourth-order valence-corrected chi connectivity index (χ4v) is 9.02. The third kappa shape index (κ3) is 16.4. The third-order valence-electron chi connectivity index (χ3n) is 8.90. The second-order valence-corrected chi connectivity index (χ2v) is 18.5. The summed E-state index contributed by atoms with van der Waals surface area (Å²) in [4.78, 5) is 18.9. The molecule has 5 heterocycles. The summed E-state index contributed by atoms with van der Waals surface area (Å²) in [6.45, 7) is 30.4. The van der Waals surface area contributed by atoms with E-state index >= 15 is 0 Å². The van der Waals surface area contributed by atoms with Gasteiger partial charge in [0.05, 0.1) is 62.1 Å². The molecule has 0 unspecified atom stereocenters. The van der Waals surface area contributed by atoms with Gasteiger partial charge in [-0.15, -0.1) is 56.7 Å². The van der Waals surface area contributed by atoms with E-state index in [2.05, 4.69) is 45.7 Å². The van der Waals surface area contributed by atoms with Crippen LogP contribution in [0.1, 0.15) is 112 Å². The maximum absolute atomic E-state index is 13.6. The Hall–Kier alpha value is -5.22. The summed E-state index contributed by atoms with van der Waals surface area (Å²) >= 11 is 5.33. The van der Waals surface area contributed by atoms with E-state index in [1.807, 2.05) is 75.3 Å². The number of hydrogen-bond acceptors (Lipinski definition) is 10. The standard InChI is InChI=1S/C11H12FNS.C8H4F3NS.2C8H5F2NS.C7H2F3NS.5C2H6/c1-11(2,3)7-4-8(12)10-9(5-7)13-6-14-10;1-3-4(9)6(11)8-7(5(3)10)12-2-13-8;1-4-2-5-8(12-3-11-5)7(10)6(4)9;1-4-2-5(9)8-7(6(4)10)11-3-12-8;8-3-1-4(9)6-7(5(3)10)12-2-11-6;5*1-2/h4-6H,1-3H3;2H,1H3;2*2-3H,1H3;1-2H;5*1-2H3. The molecule has 5 nitrogen and oxygen atoms in total. The SMILES string of the molecule is CC.CC.CC.CC.CC.CC(C)(C)c1cc(F)c2scnc2c1.Cc1c(F)c(F)c2scnc2c1F.Cc1cc(F)c2scnc2c1F.Cc1cc2ncsc2c(F)c1F.Fc1cc(F)c2ncsc2c1F. The molecule has 73 heavy (non-hydrogen) atoms. The lowest BCUT2D eigenvalue weighted by Gasteiger charge is -2.18. The molecule has 5 aromatic heterocycles. The highest BCUT2D eigenvalue weighted by Gasteiger charge is 2.20. The topological polar surface area (TPSA) is 64.5 Å². The molecule has 21 heteroatoms. The Balaban J connectivity index is 0.000000437. The van der Waals surface area contributed by atoms with E-state index in [0.717, 1.165) is 56.4 Å². The second-order valence-electron chi connectivity index (χ2n) is 14.2. The molecule has 0 saturated carbocycles. The van der Waals surface area contributed by atoms with Crippen molar-refractivity contribution in [2.24, 2.45) is 0 Å². The Bertz CT molecular complexity index is 3140. The normalized spacial score (nSPS) is 10.1. The molecule has 0 N–H and O–H groups in total. The molecule has 0 spiro atoms. The molecular formula is C52H58F11N5S5. The highest BCUT2D eigenvalue weighted by Crippen LogP contribution is 2.32. The van der Waals surface area contributed by atoms with Gasteiger partial charge in [-0.25, -0.2) is 73.2 Å². The van der Waals surface area contributed by atoms with Gasteiger partial charge in [0, 0.05) is 11.6 Å². The first-order valence-corrected chi connectivity index (χ1v) is 27.2. The first-order valence-electron chi connectivity index (χ1n) is 22.8. The molecule has 5 aromatic carbocycles. The zero-order chi connectivity index (χ0) is 56.1.